The van der Waals surface area contributed by atoms with Crippen molar-refractivity contribution in [3.63, 3.8) is 0 Å². The highest BCUT2D eigenvalue weighted by Gasteiger charge is 2.12. The van der Waals surface area contributed by atoms with Gasteiger partial charge in [-0.15, -0.1) is 0 Å². The van der Waals surface area contributed by atoms with Crippen molar-refractivity contribution >= 4 is 28.5 Å². The van der Waals surface area contributed by atoms with Gasteiger partial charge in [-0.2, -0.15) is 0 Å². The molecule has 158 valence electrons. The normalized spacial score (nSPS) is 12.1. The van der Waals surface area contributed by atoms with Crippen molar-refractivity contribution in [2.24, 2.45) is 0 Å². The molecule has 0 aliphatic rings. The largest absolute Gasteiger partial charge is 0.489 e. The van der Waals surface area contributed by atoms with Gasteiger partial charge in [0.1, 0.15) is 12.4 Å². The molecule has 1 atom stereocenters. The fraction of sp³-hybridized carbons (Fsp3) is 0.192. The van der Waals surface area contributed by atoms with Gasteiger partial charge in [0.15, 0.2) is 0 Å². The molecule has 4 rings (SSSR count). The number of aromatic nitrogens is 1. The van der Waals surface area contributed by atoms with Crippen molar-refractivity contribution in [2.75, 3.05) is 0 Å². The highest BCUT2D eigenvalue weighted by Crippen LogP contribution is 2.30. The second-order valence-electron chi connectivity index (χ2n) is 7.76. The van der Waals surface area contributed by atoms with E-state index in [0.717, 1.165) is 34.3 Å². The number of fused-ring (bicyclic) bond motifs is 1. The third-order valence-electron chi connectivity index (χ3n) is 5.47. The van der Waals surface area contributed by atoms with Gasteiger partial charge in [-0.05, 0) is 35.2 Å². The summed E-state index contributed by atoms with van der Waals surface area (Å²) in [5.41, 5.74) is 4.12. The lowest BCUT2D eigenvalue weighted by Gasteiger charge is -2.13. The molecule has 4 nitrogen and oxygen atoms in total. The van der Waals surface area contributed by atoms with Gasteiger partial charge in [0.05, 0.1) is 17.0 Å². The van der Waals surface area contributed by atoms with Crippen molar-refractivity contribution in [1.82, 2.24) is 4.57 Å². The number of rotatable bonds is 8. The number of aliphatic carboxylic acids is 1. The van der Waals surface area contributed by atoms with Crippen LogP contribution in [0.1, 0.15) is 36.0 Å². The Morgan fingerprint density at radius 3 is 2.48 bits per heavy atom. The number of carboxylic acid groups (broad SMARTS) is 1. The molecule has 0 aliphatic carbocycles. The lowest BCUT2D eigenvalue weighted by Crippen LogP contribution is -2.03. The van der Waals surface area contributed by atoms with Crippen LogP contribution in [0.2, 0.25) is 5.02 Å². The zero-order valence-electron chi connectivity index (χ0n) is 17.3. The van der Waals surface area contributed by atoms with E-state index < -0.39 is 5.97 Å². The van der Waals surface area contributed by atoms with Crippen LogP contribution in [0.5, 0.6) is 5.75 Å². The van der Waals surface area contributed by atoms with Gasteiger partial charge in [0, 0.05) is 23.7 Å². The van der Waals surface area contributed by atoms with E-state index in [0.29, 0.717) is 11.6 Å². The lowest BCUT2D eigenvalue weighted by atomic mass is 9.98. The minimum atomic E-state index is -0.796. The number of carbonyl (C=O) groups is 1. The number of nitrogens with zero attached hydrogens (tertiary/aromatic N) is 1. The molecule has 0 saturated heterocycles. The summed E-state index contributed by atoms with van der Waals surface area (Å²) in [6.07, 6.45) is 2.17. The fourth-order valence-electron chi connectivity index (χ4n) is 3.75. The number of halogens is 1. The van der Waals surface area contributed by atoms with Gasteiger partial charge in [-0.25, -0.2) is 0 Å². The van der Waals surface area contributed by atoms with E-state index in [4.69, 9.17) is 21.4 Å². The molecule has 4 aromatic rings. The van der Waals surface area contributed by atoms with Crippen LogP contribution in [0.25, 0.3) is 10.9 Å². The second-order valence-corrected chi connectivity index (χ2v) is 8.14. The van der Waals surface area contributed by atoms with Crippen LogP contribution < -0.4 is 4.74 Å². The van der Waals surface area contributed by atoms with Crippen molar-refractivity contribution in [2.45, 2.75) is 32.4 Å². The number of ether oxygens (including phenoxy) is 1. The molecule has 0 bridgehead atoms. The minimum Gasteiger partial charge on any atom is -0.489 e. The summed E-state index contributed by atoms with van der Waals surface area (Å²) >= 11 is 6.78. The van der Waals surface area contributed by atoms with Gasteiger partial charge >= 0.3 is 5.97 Å². The smallest absolute Gasteiger partial charge is 0.303 e. The summed E-state index contributed by atoms with van der Waals surface area (Å²) < 4.78 is 8.12. The average Bonchev–Trinajstić information content (AvgIpc) is 3.17. The quantitative estimate of drug-likeness (QED) is 0.345. The Hall–Kier alpha value is -3.24. The zero-order chi connectivity index (χ0) is 21.8. The van der Waals surface area contributed by atoms with Gasteiger partial charge < -0.3 is 14.4 Å². The predicted molar refractivity (Wildman–Crippen MR) is 124 cm³/mol. The van der Waals surface area contributed by atoms with E-state index in [1.54, 1.807) is 0 Å². The highest BCUT2D eigenvalue weighted by atomic mass is 35.5. The summed E-state index contributed by atoms with van der Waals surface area (Å²) in [5, 5.41) is 10.8. The molecule has 1 heterocycles. The van der Waals surface area contributed by atoms with Crippen LogP contribution in [0.3, 0.4) is 0 Å². The summed E-state index contributed by atoms with van der Waals surface area (Å²) in [7, 11) is 0. The molecule has 5 heteroatoms. The topological polar surface area (TPSA) is 51.5 Å². The van der Waals surface area contributed by atoms with Crippen molar-refractivity contribution in [1.29, 1.82) is 0 Å². The summed E-state index contributed by atoms with van der Waals surface area (Å²) in [6, 6.07) is 24.0. The van der Waals surface area contributed by atoms with E-state index in [2.05, 4.69) is 35.0 Å². The molecule has 1 aromatic heterocycles. The van der Waals surface area contributed by atoms with E-state index >= 15 is 0 Å². The van der Waals surface area contributed by atoms with Gasteiger partial charge in [-0.1, -0.05) is 73.1 Å². The maximum absolute atomic E-state index is 10.9. The van der Waals surface area contributed by atoms with Crippen LogP contribution in [0.4, 0.5) is 0 Å². The lowest BCUT2D eigenvalue weighted by molar-refractivity contribution is -0.137. The Balaban J connectivity index is 1.49. The first kappa shape index (κ1) is 21.0. The van der Waals surface area contributed by atoms with Crippen LogP contribution >= 0.6 is 11.6 Å². The van der Waals surface area contributed by atoms with Crippen molar-refractivity contribution in [3.05, 3.63) is 101 Å². The van der Waals surface area contributed by atoms with Crippen LogP contribution in [0.15, 0.2) is 79.0 Å². The molecule has 0 spiro atoms. The van der Waals surface area contributed by atoms with Gasteiger partial charge in [0.2, 0.25) is 0 Å². The summed E-state index contributed by atoms with van der Waals surface area (Å²) in [6.45, 7) is 3.02. The maximum atomic E-state index is 10.9. The number of benzene rings is 3. The van der Waals surface area contributed by atoms with Crippen LogP contribution in [0, 0.1) is 0 Å². The molecular weight excluding hydrogens is 410 g/mol. The van der Waals surface area contributed by atoms with Crippen LogP contribution in [-0.4, -0.2) is 15.6 Å². The van der Waals surface area contributed by atoms with Crippen molar-refractivity contribution < 1.29 is 14.6 Å². The van der Waals surface area contributed by atoms with Crippen molar-refractivity contribution in [3.8, 4) is 5.75 Å². The van der Waals surface area contributed by atoms with E-state index in [1.165, 1.54) is 5.56 Å². The number of carboxylic acids is 1. The van der Waals surface area contributed by atoms with E-state index in [1.807, 2.05) is 55.5 Å². The first-order chi connectivity index (χ1) is 15.0. The monoisotopic (exact) mass is 433 g/mol. The molecule has 0 radical (unpaired) electrons. The third-order valence-corrected chi connectivity index (χ3v) is 5.89. The Kier molecular flexibility index (Phi) is 6.28. The molecule has 0 amide bonds. The molecular formula is C26H24ClNO3. The Bertz CT molecular complexity index is 1180. The predicted octanol–water partition coefficient (Wildman–Crippen LogP) is 6.50. The SMILES string of the molecule is CC(CC(=O)O)c1ccc(OCc2ccc3ccn(Cc4ccccc4)c3c2Cl)cc1. The molecule has 0 fully saturated rings. The number of hydrogen-bond acceptors (Lipinski definition) is 2. The van der Waals surface area contributed by atoms with Gasteiger partial charge in [0.25, 0.3) is 0 Å². The highest BCUT2D eigenvalue weighted by molar-refractivity contribution is 6.36. The van der Waals surface area contributed by atoms with Crippen LogP contribution in [-0.2, 0) is 17.9 Å². The Morgan fingerprint density at radius 1 is 1.03 bits per heavy atom. The fourth-order valence-corrected chi connectivity index (χ4v) is 4.08. The van der Waals surface area contributed by atoms with Gasteiger partial charge in [-0.3, -0.25) is 4.79 Å². The summed E-state index contributed by atoms with van der Waals surface area (Å²) in [5.74, 6) is -0.113. The van der Waals surface area contributed by atoms with E-state index in [-0.39, 0.29) is 12.3 Å². The first-order valence-electron chi connectivity index (χ1n) is 10.3. The average molecular weight is 434 g/mol. The third kappa shape index (κ3) is 4.92. The summed E-state index contributed by atoms with van der Waals surface area (Å²) in [4.78, 5) is 10.9. The minimum absolute atomic E-state index is 0.0409. The molecule has 3 aromatic carbocycles. The first-order valence-corrected chi connectivity index (χ1v) is 10.6. The maximum Gasteiger partial charge on any atom is 0.303 e. The molecule has 0 saturated carbocycles. The molecule has 31 heavy (non-hydrogen) atoms. The zero-order valence-corrected chi connectivity index (χ0v) is 18.0. The molecule has 1 N–H and O–H groups in total. The standard InChI is InChI=1S/C26H24ClNO3/c1-18(15-24(29)30)20-9-11-23(12-10-20)31-17-22-8-7-21-13-14-28(26(21)25(22)27)16-19-5-3-2-4-6-19/h2-14,18H,15-17H2,1H3,(H,29,30). The Labute approximate surface area is 186 Å². The van der Waals surface area contributed by atoms with E-state index in [9.17, 15) is 4.79 Å². The Morgan fingerprint density at radius 2 is 1.77 bits per heavy atom. The molecule has 1 unspecified atom stereocenters. The second kappa shape index (κ2) is 9.27. The number of hydrogen-bond donors (Lipinski definition) is 1. The molecule has 0 aliphatic heterocycles.